The molecule has 3 amide bonds. The second-order valence-corrected chi connectivity index (χ2v) is 11.9. The number of aryl methyl sites for hydroxylation is 1. The lowest BCUT2D eigenvalue weighted by atomic mass is 9.90. The zero-order valence-electron chi connectivity index (χ0n) is 24.8. The normalized spacial score (nSPS) is 13.4. The Kier molecular flexibility index (Phi) is 10.6. The minimum absolute atomic E-state index is 0.0999. The number of carbonyl (C=O) groups excluding carboxylic acids is 3. The predicted molar refractivity (Wildman–Crippen MR) is 153 cm³/mol. The van der Waals surface area contributed by atoms with Crippen molar-refractivity contribution < 1.29 is 24.2 Å². The van der Waals surface area contributed by atoms with Crippen molar-refractivity contribution in [1.82, 2.24) is 15.5 Å². The van der Waals surface area contributed by atoms with Crippen LogP contribution >= 0.6 is 0 Å². The number of ether oxygens (including phenoxy) is 1. The van der Waals surface area contributed by atoms with Gasteiger partial charge in [-0.2, -0.15) is 0 Å². The van der Waals surface area contributed by atoms with E-state index in [2.05, 4.69) is 10.6 Å². The average Bonchev–Trinajstić information content (AvgIpc) is 2.82. The molecule has 0 heterocycles. The standard InChI is InChI=1S/C31H45N3O5/c1-10-31(8,9)34(26(27(36)32-20(2)3)23-16-17-25(35)21(4)18-23)28(37)24(19-22-14-12-11-13-15-22)33-29(38)39-30(5,6)7/h11-18,20,24,26,35H,10,19H2,1-9H3,(H,32,36)(H,33,38). The highest BCUT2D eigenvalue weighted by Crippen LogP contribution is 2.34. The Balaban J connectivity index is 2.68. The van der Waals surface area contributed by atoms with Crippen LogP contribution in [0, 0.1) is 6.92 Å². The van der Waals surface area contributed by atoms with E-state index < -0.39 is 35.2 Å². The van der Waals surface area contributed by atoms with Gasteiger partial charge < -0.3 is 25.4 Å². The van der Waals surface area contributed by atoms with Gasteiger partial charge in [-0.05, 0) is 90.6 Å². The number of alkyl carbamates (subject to hydrolysis) is 1. The fourth-order valence-electron chi connectivity index (χ4n) is 4.24. The van der Waals surface area contributed by atoms with Crippen molar-refractivity contribution in [3.8, 4) is 5.75 Å². The molecule has 0 aromatic heterocycles. The van der Waals surface area contributed by atoms with E-state index in [0.717, 1.165) is 5.56 Å². The Hall–Kier alpha value is -3.55. The fourth-order valence-corrected chi connectivity index (χ4v) is 4.24. The van der Waals surface area contributed by atoms with Crippen molar-refractivity contribution in [3.05, 3.63) is 65.2 Å². The van der Waals surface area contributed by atoms with Gasteiger partial charge in [0.05, 0.1) is 0 Å². The van der Waals surface area contributed by atoms with Gasteiger partial charge >= 0.3 is 6.09 Å². The molecule has 3 N–H and O–H groups in total. The van der Waals surface area contributed by atoms with Crippen molar-refractivity contribution in [3.63, 3.8) is 0 Å². The lowest BCUT2D eigenvalue weighted by molar-refractivity contribution is -0.149. The molecule has 8 nitrogen and oxygen atoms in total. The van der Waals surface area contributed by atoms with Crippen LogP contribution in [0.5, 0.6) is 5.75 Å². The monoisotopic (exact) mass is 539 g/mol. The Morgan fingerprint density at radius 1 is 0.974 bits per heavy atom. The first-order valence-corrected chi connectivity index (χ1v) is 13.5. The van der Waals surface area contributed by atoms with Crippen molar-refractivity contribution in [2.75, 3.05) is 0 Å². The number of rotatable bonds is 10. The summed E-state index contributed by atoms with van der Waals surface area (Å²) in [6.45, 7) is 16.5. The summed E-state index contributed by atoms with van der Waals surface area (Å²) in [7, 11) is 0. The molecular weight excluding hydrogens is 494 g/mol. The largest absolute Gasteiger partial charge is 0.508 e. The number of nitrogens with one attached hydrogen (secondary N) is 2. The number of benzene rings is 2. The van der Waals surface area contributed by atoms with Gasteiger partial charge in [0.1, 0.15) is 23.4 Å². The predicted octanol–water partition coefficient (Wildman–Crippen LogP) is 5.42. The zero-order valence-corrected chi connectivity index (χ0v) is 24.8. The molecule has 0 aliphatic carbocycles. The topological polar surface area (TPSA) is 108 Å². The zero-order chi connectivity index (χ0) is 29.5. The molecule has 0 bridgehead atoms. The first-order chi connectivity index (χ1) is 18.1. The summed E-state index contributed by atoms with van der Waals surface area (Å²) in [6, 6.07) is 12.1. The van der Waals surface area contributed by atoms with E-state index in [0.29, 0.717) is 17.5 Å². The summed E-state index contributed by atoms with van der Waals surface area (Å²) in [6.07, 6.45) is 0.0448. The van der Waals surface area contributed by atoms with Crippen molar-refractivity contribution in [1.29, 1.82) is 0 Å². The van der Waals surface area contributed by atoms with E-state index in [4.69, 9.17) is 4.74 Å². The van der Waals surface area contributed by atoms with Crippen LogP contribution in [0.2, 0.25) is 0 Å². The molecule has 2 unspecified atom stereocenters. The minimum atomic E-state index is -1.01. The number of amides is 3. The quantitative estimate of drug-likeness (QED) is 0.374. The third-order valence-corrected chi connectivity index (χ3v) is 6.50. The summed E-state index contributed by atoms with van der Waals surface area (Å²) in [4.78, 5) is 42.8. The number of aromatic hydroxyl groups is 1. The number of hydrogen-bond acceptors (Lipinski definition) is 5. The molecule has 8 heteroatoms. The van der Waals surface area contributed by atoms with Crippen LogP contribution in [0.15, 0.2) is 48.5 Å². The molecule has 0 aliphatic heterocycles. The van der Waals surface area contributed by atoms with Gasteiger partial charge in [0.2, 0.25) is 11.8 Å². The van der Waals surface area contributed by atoms with Crippen LogP contribution in [0.4, 0.5) is 4.79 Å². The third kappa shape index (κ3) is 9.01. The Morgan fingerprint density at radius 2 is 1.59 bits per heavy atom. The molecule has 2 rings (SSSR count). The maximum atomic E-state index is 14.5. The molecule has 2 atom stereocenters. The molecule has 39 heavy (non-hydrogen) atoms. The Morgan fingerprint density at radius 3 is 2.10 bits per heavy atom. The maximum absolute atomic E-state index is 14.5. The molecule has 0 spiro atoms. The van der Waals surface area contributed by atoms with E-state index in [9.17, 15) is 19.5 Å². The van der Waals surface area contributed by atoms with Gasteiger partial charge in [0.25, 0.3) is 0 Å². The molecular formula is C31H45N3O5. The van der Waals surface area contributed by atoms with E-state index in [1.807, 2.05) is 65.0 Å². The molecule has 0 radical (unpaired) electrons. The van der Waals surface area contributed by atoms with Gasteiger partial charge in [-0.25, -0.2) is 4.79 Å². The summed E-state index contributed by atoms with van der Waals surface area (Å²) in [5, 5.41) is 15.9. The van der Waals surface area contributed by atoms with E-state index >= 15 is 0 Å². The summed E-state index contributed by atoms with van der Waals surface area (Å²) < 4.78 is 5.49. The van der Waals surface area contributed by atoms with Gasteiger partial charge in [-0.3, -0.25) is 9.59 Å². The third-order valence-electron chi connectivity index (χ3n) is 6.50. The van der Waals surface area contributed by atoms with Crippen LogP contribution in [-0.4, -0.2) is 51.1 Å². The summed E-state index contributed by atoms with van der Waals surface area (Å²) in [5.41, 5.74) is 0.478. The van der Waals surface area contributed by atoms with E-state index in [1.165, 1.54) is 6.07 Å². The molecule has 2 aromatic rings. The first kappa shape index (κ1) is 31.7. The molecule has 0 fully saturated rings. The lowest BCUT2D eigenvalue weighted by Crippen LogP contribution is -2.60. The van der Waals surface area contributed by atoms with Crippen LogP contribution in [0.3, 0.4) is 0 Å². The number of carbonyl (C=O) groups is 3. The Bertz CT molecular complexity index is 1140. The average molecular weight is 540 g/mol. The minimum Gasteiger partial charge on any atom is -0.508 e. The van der Waals surface area contributed by atoms with E-state index in [-0.39, 0.29) is 24.1 Å². The van der Waals surface area contributed by atoms with Crippen molar-refractivity contribution in [2.24, 2.45) is 0 Å². The Labute approximate surface area is 233 Å². The number of phenols is 1. The summed E-state index contributed by atoms with van der Waals surface area (Å²) >= 11 is 0. The number of phenolic OH excluding ortho intramolecular Hbond substituents is 1. The fraction of sp³-hybridized carbons (Fsp3) is 0.516. The molecule has 0 saturated heterocycles. The van der Waals surface area contributed by atoms with Crippen LogP contribution in [0.25, 0.3) is 0 Å². The summed E-state index contributed by atoms with van der Waals surface area (Å²) in [5.74, 6) is -0.658. The highest BCUT2D eigenvalue weighted by Gasteiger charge is 2.43. The van der Waals surface area contributed by atoms with Gasteiger partial charge in [-0.1, -0.05) is 43.3 Å². The van der Waals surface area contributed by atoms with Crippen LogP contribution in [-0.2, 0) is 20.7 Å². The number of hydrogen-bond donors (Lipinski definition) is 3. The molecule has 0 saturated carbocycles. The van der Waals surface area contributed by atoms with Crippen molar-refractivity contribution in [2.45, 2.75) is 104 Å². The second kappa shape index (κ2) is 13.0. The van der Waals surface area contributed by atoms with Crippen molar-refractivity contribution >= 4 is 17.9 Å². The highest BCUT2D eigenvalue weighted by molar-refractivity contribution is 5.93. The first-order valence-electron chi connectivity index (χ1n) is 13.5. The molecule has 214 valence electrons. The van der Waals surface area contributed by atoms with Gasteiger partial charge in [0, 0.05) is 18.0 Å². The maximum Gasteiger partial charge on any atom is 0.408 e. The van der Waals surface area contributed by atoms with Gasteiger partial charge in [-0.15, -0.1) is 0 Å². The van der Waals surface area contributed by atoms with Crippen LogP contribution < -0.4 is 10.6 Å². The van der Waals surface area contributed by atoms with E-state index in [1.54, 1.807) is 44.7 Å². The molecule has 2 aromatic carbocycles. The van der Waals surface area contributed by atoms with Gasteiger partial charge in [0.15, 0.2) is 0 Å². The smallest absolute Gasteiger partial charge is 0.408 e. The highest BCUT2D eigenvalue weighted by atomic mass is 16.6. The second-order valence-electron chi connectivity index (χ2n) is 11.9. The molecule has 0 aliphatic rings. The van der Waals surface area contributed by atoms with Crippen LogP contribution in [0.1, 0.15) is 84.5 Å². The number of nitrogens with zero attached hydrogens (tertiary/aromatic N) is 1. The lowest BCUT2D eigenvalue weighted by Gasteiger charge is -2.45. The SMILES string of the molecule is CCC(C)(C)N(C(=O)C(Cc1ccccc1)NC(=O)OC(C)(C)C)C(C(=O)NC(C)C)c1ccc(O)c(C)c1.